The van der Waals surface area contributed by atoms with Crippen molar-refractivity contribution in [2.75, 3.05) is 11.9 Å². The average Bonchev–Trinajstić information content (AvgIpc) is 2.71. The van der Waals surface area contributed by atoms with Crippen LogP contribution in [0.2, 0.25) is 0 Å². The number of carbonyl (C=O) groups is 1. The highest BCUT2D eigenvalue weighted by atomic mass is 79.9. The zero-order valence-electron chi connectivity index (χ0n) is 16.5. The lowest BCUT2D eigenvalue weighted by Gasteiger charge is -2.12. The number of ether oxygens (including phenoxy) is 2. The minimum atomic E-state index is -0.181. The standard InChI is InChI=1S/C24H24BrNO3/c1-17(2)29-21-11-9-20(10-12-21)26-24(27)19-8-13-23(22(25)16-19)28-15-14-18-6-4-3-5-7-18/h3-13,16-17H,14-15H2,1-2H3,(H,26,27). The summed E-state index contributed by atoms with van der Waals surface area (Å²) in [7, 11) is 0. The predicted molar refractivity (Wildman–Crippen MR) is 120 cm³/mol. The molecular formula is C24H24BrNO3. The first-order valence-electron chi connectivity index (χ1n) is 9.55. The molecule has 0 aliphatic carbocycles. The summed E-state index contributed by atoms with van der Waals surface area (Å²) >= 11 is 3.50. The van der Waals surface area contributed by atoms with Crippen molar-refractivity contribution in [3.8, 4) is 11.5 Å². The smallest absolute Gasteiger partial charge is 0.255 e. The second-order valence-corrected chi connectivity index (χ2v) is 7.73. The molecule has 3 aromatic rings. The maximum Gasteiger partial charge on any atom is 0.255 e. The fourth-order valence-electron chi connectivity index (χ4n) is 2.77. The van der Waals surface area contributed by atoms with Crippen LogP contribution < -0.4 is 14.8 Å². The van der Waals surface area contributed by atoms with Crippen LogP contribution in [-0.4, -0.2) is 18.6 Å². The third-order valence-electron chi connectivity index (χ3n) is 4.17. The minimum Gasteiger partial charge on any atom is -0.492 e. The van der Waals surface area contributed by atoms with E-state index in [1.54, 1.807) is 12.1 Å². The van der Waals surface area contributed by atoms with Crippen LogP contribution in [0.15, 0.2) is 77.3 Å². The number of benzene rings is 3. The van der Waals surface area contributed by atoms with Gasteiger partial charge in [0.05, 0.1) is 17.2 Å². The zero-order chi connectivity index (χ0) is 20.6. The van der Waals surface area contributed by atoms with Crippen molar-refractivity contribution >= 4 is 27.5 Å². The Balaban J connectivity index is 1.56. The summed E-state index contributed by atoms with van der Waals surface area (Å²) in [5.74, 6) is 1.31. The maximum absolute atomic E-state index is 12.5. The maximum atomic E-state index is 12.5. The van der Waals surface area contributed by atoms with E-state index in [9.17, 15) is 4.79 Å². The molecule has 0 unspecified atom stereocenters. The number of anilines is 1. The van der Waals surface area contributed by atoms with Crippen LogP contribution >= 0.6 is 15.9 Å². The number of carbonyl (C=O) groups excluding carboxylic acids is 1. The van der Waals surface area contributed by atoms with Gasteiger partial charge in [-0.15, -0.1) is 0 Å². The molecular weight excluding hydrogens is 430 g/mol. The highest BCUT2D eigenvalue weighted by molar-refractivity contribution is 9.10. The normalized spacial score (nSPS) is 10.6. The lowest BCUT2D eigenvalue weighted by molar-refractivity contribution is 0.102. The Morgan fingerprint density at radius 1 is 1.00 bits per heavy atom. The quantitative estimate of drug-likeness (QED) is 0.447. The lowest BCUT2D eigenvalue weighted by Crippen LogP contribution is -2.12. The summed E-state index contributed by atoms with van der Waals surface area (Å²) in [6.07, 6.45) is 0.938. The van der Waals surface area contributed by atoms with E-state index in [4.69, 9.17) is 9.47 Å². The molecule has 0 aliphatic rings. The largest absolute Gasteiger partial charge is 0.492 e. The van der Waals surface area contributed by atoms with E-state index in [2.05, 4.69) is 33.4 Å². The van der Waals surface area contributed by atoms with Crippen molar-refractivity contribution in [1.82, 2.24) is 0 Å². The number of halogens is 1. The van der Waals surface area contributed by atoms with E-state index in [0.29, 0.717) is 23.6 Å². The molecule has 0 bridgehead atoms. The Hall–Kier alpha value is -2.79. The summed E-state index contributed by atoms with van der Waals surface area (Å²) in [6.45, 7) is 4.52. The summed E-state index contributed by atoms with van der Waals surface area (Å²) in [5, 5.41) is 2.89. The molecule has 0 saturated heterocycles. The van der Waals surface area contributed by atoms with Crippen LogP contribution in [0.25, 0.3) is 0 Å². The van der Waals surface area contributed by atoms with Gasteiger partial charge in [-0.05, 0) is 77.8 Å². The minimum absolute atomic E-state index is 0.112. The molecule has 0 atom stereocenters. The molecule has 0 heterocycles. The Kier molecular flexibility index (Phi) is 7.30. The van der Waals surface area contributed by atoms with Gasteiger partial charge in [-0.3, -0.25) is 4.79 Å². The van der Waals surface area contributed by atoms with E-state index in [0.717, 1.165) is 16.6 Å². The van der Waals surface area contributed by atoms with Gasteiger partial charge in [-0.1, -0.05) is 30.3 Å². The highest BCUT2D eigenvalue weighted by Crippen LogP contribution is 2.27. The fraction of sp³-hybridized carbons (Fsp3) is 0.208. The van der Waals surface area contributed by atoms with Crippen LogP contribution in [0, 0.1) is 0 Å². The van der Waals surface area contributed by atoms with E-state index in [1.165, 1.54) is 5.56 Å². The number of hydrogen-bond acceptors (Lipinski definition) is 3. The molecule has 0 aliphatic heterocycles. The molecule has 0 fully saturated rings. The van der Waals surface area contributed by atoms with Crippen LogP contribution in [-0.2, 0) is 6.42 Å². The van der Waals surface area contributed by atoms with Crippen molar-refractivity contribution in [3.63, 3.8) is 0 Å². The van der Waals surface area contributed by atoms with Crippen LogP contribution in [0.3, 0.4) is 0 Å². The van der Waals surface area contributed by atoms with Gasteiger partial charge in [0.25, 0.3) is 5.91 Å². The predicted octanol–water partition coefficient (Wildman–Crippen LogP) is 6.11. The molecule has 4 nitrogen and oxygen atoms in total. The van der Waals surface area contributed by atoms with Gasteiger partial charge in [-0.25, -0.2) is 0 Å². The van der Waals surface area contributed by atoms with E-state index < -0.39 is 0 Å². The van der Waals surface area contributed by atoms with Crippen LogP contribution in [0.4, 0.5) is 5.69 Å². The van der Waals surface area contributed by atoms with Crippen molar-refractivity contribution in [2.45, 2.75) is 26.4 Å². The van der Waals surface area contributed by atoms with Crippen molar-refractivity contribution in [2.24, 2.45) is 0 Å². The van der Waals surface area contributed by atoms with Gasteiger partial charge >= 0.3 is 0 Å². The molecule has 1 N–H and O–H groups in total. The summed E-state index contributed by atoms with van der Waals surface area (Å²) < 4.78 is 12.2. The molecule has 0 radical (unpaired) electrons. The summed E-state index contributed by atoms with van der Waals surface area (Å²) in [6, 6.07) is 22.9. The number of hydrogen-bond donors (Lipinski definition) is 1. The van der Waals surface area contributed by atoms with Gasteiger partial charge < -0.3 is 14.8 Å². The average molecular weight is 454 g/mol. The molecule has 1 amide bonds. The molecule has 5 heteroatoms. The van der Waals surface area contributed by atoms with Gasteiger partial charge in [0.15, 0.2) is 0 Å². The van der Waals surface area contributed by atoms with Crippen LogP contribution in [0.5, 0.6) is 11.5 Å². The van der Waals surface area contributed by atoms with Gasteiger partial charge in [-0.2, -0.15) is 0 Å². The number of nitrogens with one attached hydrogen (secondary N) is 1. The second kappa shape index (κ2) is 10.1. The molecule has 3 aromatic carbocycles. The Labute approximate surface area is 180 Å². The van der Waals surface area contributed by atoms with Gasteiger partial charge in [0, 0.05) is 17.7 Å². The van der Waals surface area contributed by atoms with Gasteiger partial charge in [0.2, 0.25) is 0 Å². The zero-order valence-corrected chi connectivity index (χ0v) is 18.1. The summed E-state index contributed by atoms with van der Waals surface area (Å²) in [5.41, 5.74) is 2.49. The van der Waals surface area contributed by atoms with E-state index in [-0.39, 0.29) is 12.0 Å². The van der Waals surface area contributed by atoms with Crippen LogP contribution in [0.1, 0.15) is 29.8 Å². The highest BCUT2D eigenvalue weighted by Gasteiger charge is 2.10. The first-order valence-corrected chi connectivity index (χ1v) is 10.3. The third kappa shape index (κ3) is 6.36. The molecule has 0 aromatic heterocycles. The van der Waals surface area contributed by atoms with E-state index >= 15 is 0 Å². The monoisotopic (exact) mass is 453 g/mol. The molecule has 3 rings (SSSR count). The fourth-order valence-corrected chi connectivity index (χ4v) is 3.27. The van der Waals surface area contributed by atoms with Gasteiger partial charge in [0.1, 0.15) is 11.5 Å². The topological polar surface area (TPSA) is 47.6 Å². The molecule has 0 spiro atoms. The third-order valence-corrected chi connectivity index (χ3v) is 4.79. The SMILES string of the molecule is CC(C)Oc1ccc(NC(=O)c2ccc(OCCc3ccccc3)c(Br)c2)cc1. The first-order chi connectivity index (χ1) is 14.0. The Morgan fingerprint density at radius 2 is 1.72 bits per heavy atom. The number of amides is 1. The lowest BCUT2D eigenvalue weighted by atomic mass is 10.1. The molecule has 29 heavy (non-hydrogen) atoms. The first kappa shape index (κ1) is 20.9. The van der Waals surface area contributed by atoms with E-state index in [1.807, 2.05) is 62.4 Å². The second-order valence-electron chi connectivity index (χ2n) is 6.87. The van der Waals surface area contributed by atoms with Crippen molar-refractivity contribution in [3.05, 3.63) is 88.4 Å². The number of rotatable bonds is 8. The van der Waals surface area contributed by atoms with Crippen molar-refractivity contribution in [1.29, 1.82) is 0 Å². The summed E-state index contributed by atoms with van der Waals surface area (Å²) in [4.78, 5) is 12.5. The van der Waals surface area contributed by atoms with Crippen molar-refractivity contribution < 1.29 is 14.3 Å². The Bertz CT molecular complexity index is 940. The Morgan fingerprint density at radius 3 is 2.38 bits per heavy atom. The molecule has 0 saturated carbocycles. The molecule has 150 valence electrons.